The van der Waals surface area contributed by atoms with E-state index in [1.54, 1.807) is 24.1 Å². The van der Waals surface area contributed by atoms with Crippen LogP contribution in [0.5, 0.6) is 5.75 Å². The lowest BCUT2D eigenvalue weighted by Crippen LogP contribution is -2.02. The van der Waals surface area contributed by atoms with Crippen LogP contribution >= 0.6 is 0 Å². The van der Waals surface area contributed by atoms with Crippen molar-refractivity contribution in [1.29, 1.82) is 0 Å². The largest absolute Gasteiger partial charge is 0.495 e. The highest BCUT2D eigenvalue weighted by Gasteiger charge is 1.98. The van der Waals surface area contributed by atoms with Gasteiger partial charge in [-0.25, -0.2) is 0 Å². The van der Waals surface area contributed by atoms with Crippen LogP contribution in [0, 0.1) is 0 Å². The number of pyridine rings is 1. The molecule has 5 nitrogen and oxygen atoms in total. The van der Waals surface area contributed by atoms with Gasteiger partial charge in [0, 0.05) is 6.20 Å². The molecule has 0 saturated heterocycles. The Balaban J connectivity index is 2.11. The molecule has 2 N–H and O–H groups in total. The number of hydrogen-bond donors (Lipinski definition) is 1. The highest BCUT2D eigenvalue weighted by atomic mass is 16.5. The first kappa shape index (κ1) is 9.51. The molecule has 78 valence electrons. The Bertz CT molecular complexity index is 435. The van der Waals surface area contributed by atoms with Gasteiger partial charge in [-0.2, -0.15) is 5.10 Å². The first-order chi connectivity index (χ1) is 7.28. The van der Waals surface area contributed by atoms with Crippen molar-refractivity contribution < 1.29 is 4.74 Å². The van der Waals surface area contributed by atoms with Crippen molar-refractivity contribution in [2.45, 2.75) is 6.54 Å². The van der Waals surface area contributed by atoms with E-state index in [9.17, 15) is 0 Å². The Morgan fingerprint density at radius 3 is 2.80 bits per heavy atom. The number of aromatic nitrogens is 3. The van der Waals surface area contributed by atoms with Crippen LogP contribution in [0.1, 0.15) is 5.69 Å². The molecule has 0 aromatic carbocycles. The lowest BCUT2D eigenvalue weighted by atomic mass is 10.3. The second-order valence-corrected chi connectivity index (χ2v) is 3.13. The summed E-state index contributed by atoms with van der Waals surface area (Å²) in [6.45, 7) is 0.612. The average molecular weight is 204 g/mol. The summed E-state index contributed by atoms with van der Waals surface area (Å²) in [5.41, 5.74) is 6.42. The zero-order chi connectivity index (χ0) is 10.7. The van der Waals surface area contributed by atoms with Crippen LogP contribution in [0.4, 0.5) is 5.82 Å². The summed E-state index contributed by atoms with van der Waals surface area (Å²) in [5, 5.41) is 4.07. The second kappa shape index (κ2) is 4.00. The summed E-state index contributed by atoms with van der Waals surface area (Å²) in [6, 6.07) is 5.52. The van der Waals surface area contributed by atoms with Gasteiger partial charge >= 0.3 is 0 Å². The van der Waals surface area contributed by atoms with Crippen molar-refractivity contribution >= 4 is 5.82 Å². The van der Waals surface area contributed by atoms with Crippen LogP contribution in [0.3, 0.4) is 0 Å². The predicted octanol–water partition coefficient (Wildman–Crippen LogP) is 0.917. The molecule has 5 heteroatoms. The molecule has 0 aliphatic rings. The number of nitrogen functional groups attached to an aromatic ring is 1. The fourth-order valence-corrected chi connectivity index (χ4v) is 1.26. The molecule has 0 aliphatic carbocycles. The van der Waals surface area contributed by atoms with E-state index < -0.39 is 0 Å². The first-order valence-corrected chi connectivity index (χ1v) is 4.56. The Morgan fingerprint density at radius 1 is 1.40 bits per heavy atom. The van der Waals surface area contributed by atoms with Crippen LogP contribution in [0.25, 0.3) is 0 Å². The average Bonchev–Trinajstić information content (AvgIpc) is 2.65. The first-order valence-electron chi connectivity index (χ1n) is 4.56. The molecule has 0 saturated carbocycles. The lowest BCUT2D eigenvalue weighted by Gasteiger charge is -2.02. The molecule has 0 spiro atoms. The second-order valence-electron chi connectivity index (χ2n) is 3.13. The third kappa shape index (κ3) is 2.25. The topological polar surface area (TPSA) is 66.0 Å². The zero-order valence-electron chi connectivity index (χ0n) is 8.42. The number of methoxy groups -OCH3 is 1. The molecule has 0 unspecified atom stereocenters. The van der Waals surface area contributed by atoms with Crippen LogP contribution in [-0.2, 0) is 6.54 Å². The molecule has 0 fully saturated rings. The van der Waals surface area contributed by atoms with Gasteiger partial charge in [-0.3, -0.25) is 9.67 Å². The summed E-state index contributed by atoms with van der Waals surface area (Å²) in [5.74, 6) is 1.27. The van der Waals surface area contributed by atoms with Crippen molar-refractivity contribution in [2.75, 3.05) is 12.8 Å². The molecular weight excluding hydrogens is 192 g/mol. The molecule has 2 aromatic rings. The monoisotopic (exact) mass is 204 g/mol. The van der Waals surface area contributed by atoms with E-state index in [1.165, 1.54) is 0 Å². The minimum atomic E-state index is 0.517. The molecule has 0 aliphatic heterocycles. The summed E-state index contributed by atoms with van der Waals surface area (Å²) < 4.78 is 6.76. The van der Waals surface area contributed by atoms with E-state index in [1.807, 2.05) is 18.3 Å². The predicted molar refractivity (Wildman–Crippen MR) is 56.5 cm³/mol. The Kier molecular flexibility index (Phi) is 2.53. The fourth-order valence-electron chi connectivity index (χ4n) is 1.26. The zero-order valence-corrected chi connectivity index (χ0v) is 8.42. The molecule has 2 rings (SSSR count). The van der Waals surface area contributed by atoms with Gasteiger partial charge in [-0.15, -0.1) is 0 Å². The molecule has 15 heavy (non-hydrogen) atoms. The maximum absolute atomic E-state index is 5.51. The van der Waals surface area contributed by atoms with E-state index in [4.69, 9.17) is 10.5 Å². The fraction of sp³-hybridized carbons (Fsp3) is 0.200. The Morgan fingerprint density at radius 2 is 2.27 bits per heavy atom. The van der Waals surface area contributed by atoms with Gasteiger partial charge in [0.05, 0.1) is 25.5 Å². The number of anilines is 1. The van der Waals surface area contributed by atoms with Crippen LogP contribution in [0.2, 0.25) is 0 Å². The number of rotatable bonds is 3. The van der Waals surface area contributed by atoms with Gasteiger partial charge in [0.25, 0.3) is 0 Å². The minimum absolute atomic E-state index is 0.517. The quantitative estimate of drug-likeness (QED) is 0.807. The van der Waals surface area contributed by atoms with Gasteiger partial charge in [-0.05, 0) is 18.2 Å². The van der Waals surface area contributed by atoms with E-state index in [-0.39, 0.29) is 0 Å². The van der Waals surface area contributed by atoms with Crippen molar-refractivity contribution in [3.8, 4) is 5.75 Å². The minimum Gasteiger partial charge on any atom is -0.495 e. The maximum Gasteiger partial charge on any atom is 0.145 e. The van der Waals surface area contributed by atoms with Gasteiger partial charge in [0.2, 0.25) is 0 Å². The molecule has 0 amide bonds. The SMILES string of the molecule is COc1ccc(Cn2ccc(N)n2)nc1. The van der Waals surface area contributed by atoms with E-state index >= 15 is 0 Å². The van der Waals surface area contributed by atoms with Crippen molar-refractivity contribution in [1.82, 2.24) is 14.8 Å². The summed E-state index contributed by atoms with van der Waals surface area (Å²) >= 11 is 0. The van der Waals surface area contributed by atoms with Crippen molar-refractivity contribution in [3.63, 3.8) is 0 Å². The molecule has 2 aromatic heterocycles. The number of nitrogens with zero attached hydrogens (tertiary/aromatic N) is 3. The third-order valence-corrected chi connectivity index (χ3v) is 2.02. The van der Waals surface area contributed by atoms with Gasteiger partial charge < -0.3 is 10.5 Å². The molecule has 0 atom stereocenters. The summed E-state index contributed by atoms with van der Waals surface area (Å²) in [4.78, 5) is 4.23. The third-order valence-electron chi connectivity index (χ3n) is 2.02. The van der Waals surface area contributed by atoms with Crippen LogP contribution < -0.4 is 10.5 Å². The van der Waals surface area contributed by atoms with E-state index in [2.05, 4.69) is 10.1 Å². The lowest BCUT2D eigenvalue weighted by molar-refractivity contribution is 0.412. The van der Waals surface area contributed by atoms with Gasteiger partial charge in [0.1, 0.15) is 11.6 Å². The maximum atomic E-state index is 5.51. The molecular formula is C10H12N4O. The summed E-state index contributed by atoms with van der Waals surface area (Å²) in [6.07, 6.45) is 3.50. The van der Waals surface area contributed by atoms with Crippen molar-refractivity contribution in [3.05, 3.63) is 36.3 Å². The van der Waals surface area contributed by atoms with Crippen LogP contribution in [0.15, 0.2) is 30.6 Å². The Hall–Kier alpha value is -2.04. The molecule has 0 radical (unpaired) electrons. The highest BCUT2D eigenvalue weighted by molar-refractivity contribution is 5.24. The van der Waals surface area contributed by atoms with Crippen molar-refractivity contribution in [2.24, 2.45) is 0 Å². The number of ether oxygens (including phenoxy) is 1. The standard InChI is InChI=1S/C10H12N4O/c1-15-9-3-2-8(12-6-9)7-14-5-4-10(11)13-14/h2-6H,7H2,1H3,(H2,11,13). The number of nitrogens with two attached hydrogens (primary N) is 1. The molecule has 0 bridgehead atoms. The Labute approximate surface area is 87.5 Å². The van der Waals surface area contributed by atoms with Gasteiger partial charge in [-0.1, -0.05) is 0 Å². The van der Waals surface area contributed by atoms with Gasteiger partial charge in [0.15, 0.2) is 0 Å². The highest BCUT2D eigenvalue weighted by Crippen LogP contribution is 2.09. The van der Waals surface area contributed by atoms with E-state index in [0.717, 1.165) is 11.4 Å². The normalized spacial score (nSPS) is 10.2. The summed E-state index contributed by atoms with van der Waals surface area (Å²) in [7, 11) is 1.62. The smallest absolute Gasteiger partial charge is 0.145 e. The molecule has 2 heterocycles. The van der Waals surface area contributed by atoms with E-state index in [0.29, 0.717) is 12.4 Å². The number of hydrogen-bond acceptors (Lipinski definition) is 4. The van der Waals surface area contributed by atoms with Crippen LogP contribution in [-0.4, -0.2) is 21.9 Å².